The van der Waals surface area contributed by atoms with Gasteiger partial charge in [-0.1, -0.05) is 36.9 Å². The molecular weight excluding hydrogens is 205 g/mol. The van der Waals surface area contributed by atoms with Crippen molar-refractivity contribution in [2.75, 3.05) is 0 Å². The molecule has 80 valence electrons. The smallest absolute Gasteiger partial charge is 0.294 e. The van der Waals surface area contributed by atoms with E-state index >= 15 is 0 Å². The van der Waals surface area contributed by atoms with Gasteiger partial charge in [0, 0.05) is 17.6 Å². The van der Waals surface area contributed by atoms with Gasteiger partial charge in [0.2, 0.25) is 0 Å². The second-order valence-corrected chi connectivity index (χ2v) is 3.07. The van der Waals surface area contributed by atoms with Crippen molar-refractivity contribution in [3.8, 4) is 0 Å². The molecule has 0 fully saturated rings. The number of carbonyl (C=O) groups is 1. The Hall–Kier alpha value is -1.58. The van der Waals surface area contributed by atoms with Crippen LogP contribution in [0.5, 0.6) is 0 Å². The fourth-order valence-electron chi connectivity index (χ4n) is 1.02. The van der Waals surface area contributed by atoms with Gasteiger partial charge in [-0.2, -0.15) is 13.2 Å². The van der Waals surface area contributed by atoms with Gasteiger partial charge >= 0.3 is 6.18 Å². The molecule has 0 radical (unpaired) electrons. The van der Waals surface area contributed by atoms with Crippen molar-refractivity contribution in [2.45, 2.75) is 12.6 Å². The molecule has 0 heterocycles. The van der Waals surface area contributed by atoms with E-state index in [1.54, 1.807) is 18.2 Å². The van der Waals surface area contributed by atoms with E-state index in [1.165, 1.54) is 12.1 Å². The number of hydrogen-bond donors (Lipinski definition) is 0. The Morgan fingerprint density at radius 1 is 1.20 bits per heavy atom. The van der Waals surface area contributed by atoms with Crippen molar-refractivity contribution < 1.29 is 18.0 Å². The number of halogens is 3. The number of hydrogen-bond acceptors (Lipinski definition) is 1. The summed E-state index contributed by atoms with van der Waals surface area (Å²) in [6, 6.07) is 7.85. The van der Waals surface area contributed by atoms with E-state index in [1.807, 2.05) is 0 Å². The van der Waals surface area contributed by atoms with Gasteiger partial charge in [0.1, 0.15) is 0 Å². The third-order valence-corrected chi connectivity index (χ3v) is 1.87. The lowest BCUT2D eigenvalue weighted by molar-refractivity contribution is -0.0927. The maximum Gasteiger partial charge on any atom is 0.412 e. The minimum atomic E-state index is -4.50. The Kier molecular flexibility index (Phi) is 3.29. The van der Waals surface area contributed by atoms with E-state index in [-0.39, 0.29) is 5.56 Å². The Labute approximate surface area is 85.2 Å². The maximum atomic E-state index is 12.1. The number of allylic oxidation sites excluding steroid dienone is 1. The van der Waals surface area contributed by atoms with Gasteiger partial charge in [-0.3, -0.25) is 4.79 Å². The summed E-state index contributed by atoms with van der Waals surface area (Å²) in [6.07, 6.45) is -5.18. The average Bonchev–Trinajstić information content (AvgIpc) is 2.17. The van der Waals surface area contributed by atoms with Crippen LogP contribution in [-0.2, 0) is 0 Å². The molecule has 0 atom stereocenters. The molecule has 0 saturated heterocycles. The molecule has 0 aromatic heterocycles. The highest BCUT2D eigenvalue weighted by Gasteiger charge is 2.32. The van der Waals surface area contributed by atoms with Crippen LogP contribution in [0.4, 0.5) is 13.2 Å². The lowest BCUT2D eigenvalue weighted by Gasteiger charge is -2.08. The molecule has 0 aliphatic heterocycles. The second kappa shape index (κ2) is 4.29. The molecule has 0 aliphatic rings. The Morgan fingerprint density at radius 2 is 1.73 bits per heavy atom. The third kappa shape index (κ3) is 3.23. The molecule has 1 rings (SSSR count). The normalized spacial score (nSPS) is 11.1. The summed E-state index contributed by atoms with van der Waals surface area (Å²) in [5, 5.41) is 0. The zero-order valence-corrected chi connectivity index (χ0v) is 7.84. The molecule has 15 heavy (non-hydrogen) atoms. The third-order valence-electron chi connectivity index (χ3n) is 1.87. The minimum Gasteiger partial charge on any atom is -0.294 e. The van der Waals surface area contributed by atoms with Gasteiger partial charge in [-0.15, -0.1) is 0 Å². The van der Waals surface area contributed by atoms with E-state index in [0.717, 1.165) is 0 Å². The fraction of sp³-hybridized carbons (Fsp3) is 0.182. The van der Waals surface area contributed by atoms with Crippen molar-refractivity contribution in [1.29, 1.82) is 0 Å². The standard InChI is InChI=1S/C11H9F3O/c1-8(11(12,13)14)7-10(15)9-5-3-2-4-6-9/h2-6H,1,7H2. The van der Waals surface area contributed by atoms with E-state index in [2.05, 4.69) is 6.58 Å². The fourth-order valence-corrected chi connectivity index (χ4v) is 1.02. The van der Waals surface area contributed by atoms with Crippen LogP contribution in [0.2, 0.25) is 0 Å². The van der Waals surface area contributed by atoms with Gasteiger partial charge in [0.25, 0.3) is 0 Å². The van der Waals surface area contributed by atoms with Gasteiger partial charge < -0.3 is 0 Å². The molecule has 4 heteroatoms. The van der Waals surface area contributed by atoms with Crippen LogP contribution in [-0.4, -0.2) is 12.0 Å². The molecule has 1 nitrogen and oxygen atoms in total. The summed E-state index contributed by atoms with van der Waals surface area (Å²) in [4.78, 5) is 11.3. The highest BCUT2D eigenvalue weighted by molar-refractivity contribution is 5.97. The molecule has 0 N–H and O–H groups in total. The van der Waals surface area contributed by atoms with E-state index < -0.39 is 24.0 Å². The molecule has 0 saturated carbocycles. The molecule has 0 unspecified atom stereocenters. The van der Waals surface area contributed by atoms with Crippen molar-refractivity contribution in [1.82, 2.24) is 0 Å². The highest BCUT2D eigenvalue weighted by Crippen LogP contribution is 2.27. The van der Waals surface area contributed by atoms with E-state index in [9.17, 15) is 18.0 Å². The molecule has 0 bridgehead atoms. The lowest BCUT2D eigenvalue weighted by atomic mass is 10.0. The van der Waals surface area contributed by atoms with Crippen molar-refractivity contribution in [3.05, 3.63) is 48.0 Å². The van der Waals surface area contributed by atoms with E-state index in [0.29, 0.717) is 0 Å². The monoisotopic (exact) mass is 214 g/mol. The summed E-state index contributed by atoms with van der Waals surface area (Å²) < 4.78 is 36.2. The van der Waals surface area contributed by atoms with Crippen LogP contribution in [0.3, 0.4) is 0 Å². The Morgan fingerprint density at radius 3 is 2.20 bits per heavy atom. The molecule has 1 aromatic rings. The first-order chi connectivity index (χ1) is 6.91. The summed E-state index contributed by atoms with van der Waals surface area (Å²) in [7, 11) is 0. The number of rotatable bonds is 3. The number of Topliss-reactive ketones (excluding diaryl/α,β-unsaturated/α-hetero) is 1. The molecular formula is C11H9F3O. The van der Waals surface area contributed by atoms with E-state index in [4.69, 9.17) is 0 Å². The van der Waals surface area contributed by atoms with Crippen LogP contribution in [0.25, 0.3) is 0 Å². The zero-order valence-electron chi connectivity index (χ0n) is 7.84. The largest absolute Gasteiger partial charge is 0.412 e. The lowest BCUT2D eigenvalue weighted by Crippen LogP contribution is -2.14. The quantitative estimate of drug-likeness (QED) is 0.556. The van der Waals surface area contributed by atoms with Crippen LogP contribution < -0.4 is 0 Å². The Balaban J connectivity index is 2.70. The van der Waals surface area contributed by atoms with Crippen molar-refractivity contribution in [2.24, 2.45) is 0 Å². The predicted molar refractivity (Wildman–Crippen MR) is 50.6 cm³/mol. The topological polar surface area (TPSA) is 17.1 Å². The van der Waals surface area contributed by atoms with Crippen LogP contribution in [0.15, 0.2) is 42.5 Å². The summed E-state index contributed by atoms with van der Waals surface area (Å²) in [6.45, 7) is 2.85. The molecule has 0 spiro atoms. The number of ketones is 1. The second-order valence-electron chi connectivity index (χ2n) is 3.07. The highest BCUT2D eigenvalue weighted by atomic mass is 19.4. The average molecular weight is 214 g/mol. The van der Waals surface area contributed by atoms with Crippen molar-refractivity contribution in [3.63, 3.8) is 0 Å². The summed E-state index contributed by atoms with van der Waals surface area (Å²) in [5.74, 6) is -0.571. The van der Waals surface area contributed by atoms with Crippen LogP contribution >= 0.6 is 0 Å². The number of carbonyl (C=O) groups excluding carboxylic acids is 1. The van der Waals surface area contributed by atoms with Crippen molar-refractivity contribution >= 4 is 5.78 Å². The molecule has 1 aromatic carbocycles. The summed E-state index contributed by atoms with van der Waals surface area (Å²) in [5.41, 5.74) is -0.751. The van der Waals surface area contributed by atoms with Crippen LogP contribution in [0.1, 0.15) is 16.8 Å². The molecule has 0 amide bonds. The predicted octanol–water partition coefficient (Wildman–Crippen LogP) is 3.38. The van der Waals surface area contributed by atoms with Crippen LogP contribution in [0, 0.1) is 0 Å². The number of alkyl halides is 3. The Bertz CT molecular complexity index is 365. The first-order valence-electron chi connectivity index (χ1n) is 4.24. The summed E-state index contributed by atoms with van der Waals surface area (Å²) >= 11 is 0. The first kappa shape index (κ1) is 11.5. The SMILES string of the molecule is C=C(CC(=O)c1ccccc1)C(F)(F)F. The van der Waals surface area contributed by atoms with Gasteiger partial charge in [0.05, 0.1) is 0 Å². The van der Waals surface area contributed by atoms with Gasteiger partial charge in [0.15, 0.2) is 5.78 Å². The first-order valence-corrected chi connectivity index (χ1v) is 4.24. The zero-order chi connectivity index (χ0) is 11.5. The van der Waals surface area contributed by atoms with Gasteiger partial charge in [-0.05, 0) is 0 Å². The molecule has 0 aliphatic carbocycles. The van der Waals surface area contributed by atoms with Gasteiger partial charge in [-0.25, -0.2) is 0 Å². The maximum absolute atomic E-state index is 12.1. The number of benzene rings is 1. The minimum absolute atomic E-state index is 0.267.